The topological polar surface area (TPSA) is 76.2 Å². The molecule has 0 bridgehead atoms. The first-order valence-electron chi connectivity index (χ1n) is 7.85. The molecule has 7 nitrogen and oxygen atoms in total. The second-order valence-electron chi connectivity index (χ2n) is 5.58. The van der Waals surface area contributed by atoms with Crippen molar-refractivity contribution < 1.29 is 23.9 Å². The van der Waals surface area contributed by atoms with Crippen LogP contribution in [0.15, 0.2) is 24.3 Å². The van der Waals surface area contributed by atoms with Crippen molar-refractivity contribution in [2.24, 2.45) is 0 Å². The van der Waals surface area contributed by atoms with Crippen LogP contribution in [-0.2, 0) is 14.3 Å². The van der Waals surface area contributed by atoms with E-state index in [4.69, 9.17) is 9.47 Å². The summed E-state index contributed by atoms with van der Waals surface area (Å²) in [6, 6.07) is 6.56. The first kappa shape index (κ1) is 17.9. The molecule has 0 radical (unpaired) electrons. The maximum atomic E-state index is 12.7. The molecule has 0 spiro atoms. The van der Waals surface area contributed by atoms with Gasteiger partial charge in [-0.2, -0.15) is 0 Å². The second-order valence-corrected chi connectivity index (χ2v) is 5.58. The molecule has 1 fully saturated rings. The van der Waals surface area contributed by atoms with Gasteiger partial charge in [-0.1, -0.05) is 6.07 Å². The molecule has 1 aliphatic heterocycles. The number of carbonyl (C=O) groups excluding carboxylic acids is 3. The Kier molecular flexibility index (Phi) is 6.31. The van der Waals surface area contributed by atoms with Gasteiger partial charge in [0.05, 0.1) is 0 Å². The predicted octanol–water partition coefficient (Wildman–Crippen LogP) is 0.933. The summed E-state index contributed by atoms with van der Waals surface area (Å²) in [4.78, 5) is 39.0. The SMILES string of the molecule is COCC(=O)N1CCCN(C(=O)c2cccc(OC(C)=O)c2)CC1. The molecule has 1 aromatic carbocycles. The quantitative estimate of drug-likeness (QED) is 0.605. The molecule has 1 heterocycles. The number of carbonyl (C=O) groups is 3. The summed E-state index contributed by atoms with van der Waals surface area (Å²) in [6.07, 6.45) is 0.713. The minimum atomic E-state index is -0.429. The fraction of sp³-hybridized carbons (Fsp3) is 0.471. The summed E-state index contributed by atoms with van der Waals surface area (Å²) < 4.78 is 9.89. The normalized spacial score (nSPS) is 14.9. The Bertz CT molecular complexity index is 617. The van der Waals surface area contributed by atoms with Gasteiger partial charge in [0.1, 0.15) is 12.4 Å². The third-order valence-electron chi connectivity index (χ3n) is 3.75. The second kappa shape index (κ2) is 8.44. The summed E-state index contributed by atoms with van der Waals surface area (Å²) >= 11 is 0. The average Bonchev–Trinajstić information content (AvgIpc) is 2.80. The summed E-state index contributed by atoms with van der Waals surface area (Å²) in [5.41, 5.74) is 0.463. The average molecular weight is 334 g/mol. The van der Waals surface area contributed by atoms with Gasteiger partial charge >= 0.3 is 5.97 Å². The molecule has 1 aromatic rings. The first-order valence-corrected chi connectivity index (χ1v) is 7.85. The van der Waals surface area contributed by atoms with Crippen LogP contribution in [0.3, 0.4) is 0 Å². The van der Waals surface area contributed by atoms with Gasteiger partial charge in [0.25, 0.3) is 5.91 Å². The van der Waals surface area contributed by atoms with Crippen molar-refractivity contribution >= 4 is 17.8 Å². The lowest BCUT2D eigenvalue weighted by Gasteiger charge is -2.22. The number of hydrogen-bond donors (Lipinski definition) is 0. The molecule has 0 aliphatic carbocycles. The molecular weight excluding hydrogens is 312 g/mol. The van der Waals surface area contributed by atoms with E-state index in [1.165, 1.54) is 14.0 Å². The van der Waals surface area contributed by atoms with Crippen molar-refractivity contribution in [2.45, 2.75) is 13.3 Å². The number of ether oxygens (including phenoxy) is 2. The van der Waals surface area contributed by atoms with Gasteiger partial charge in [-0.3, -0.25) is 14.4 Å². The van der Waals surface area contributed by atoms with E-state index >= 15 is 0 Å². The Morgan fingerprint density at radius 1 is 1.08 bits per heavy atom. The number of amides is 2. The van der Waals surface area contributed by atoms with Crippen LogP contribution >= 0.6 is 0 Å². The van der Waals surface area contributed by atoms with Crippen molar-refractivity contribution in [1.82, 2.24) is 9.80 Å². The molecule has 2 amide bonds. The van der Waals surface area contributed by atoms with E-state index in [-0.39, 0.29) is 18.4 Å². The first-order chi connectivity index (χ1) is 11.5. The number of benzene rings is 1. The monoisotopic (exact) mass is 334 g/mol. The molecule has 0 atom stereocenters. The van der Waals surface area contributed by atoms with Crippen molar-refractivity contribution in [1.29, 1.82) is 0 Å². The highest BCUT2D eigenvalue weighted by atomic mass is 16.5. The Hall–Kier alpha value is -2.41. The van der Waals surface area contributed by atoms with E-state index in [0.29, 0.717) is 43.9 Å². The number of methoxy groups -OCH3 is 1. The third-order valence-corrected chi connectivity index (χ3v) is 3.75. The highest BCUT2D eigenvalue weighted by Crippen LogP contribution is 2.16. The Labute approximate surface area is 141 Å². The van der Waals surface area contributed by atoms with Crippen LogP contribution in [0.4, 0.5) is 0 Å². The Morgan fingerprint density at radius 2 is 1.79 bits per heavy atom. The van der Waals surface area contributed by atoms with E-state index in [9.17, 15) is 14.4 Å². The molecule has 1 saturated heterocycles. The van der Waals surface area contributed by atoms with E-state index in [1.807, 2.05) is 0 Å². The zero-order valence-electron chi connectivity index (χ0n) is 14.0. The van der Waals surface area contributed by atoms with E-state index in [1.54, 1.807) is 34.1 Å². The van der Waals surface area contributed by atoms with E-state index in [0.717, 1.165) is 0 Å². The summed E-state index contributed by atoms with van der Waals surface area (Å²) in [7, 11) is 1.49. The van der Waals surface area contributed by atoms with Crippen LogP contribution in [0.1, 0.15) is 23.7 Å². The minimum Gasteiger partial charge on any atom is -0.427 e. The molecule has 2 rings (SSSR count). The summed E-state index contributed by atoms with van der Waals surface area (Å²) in [6.45, 7) is 3.50. The van der Waals surface area contributed by atoms with Gasteiger partial charge in [-0.25, -0.2) is 0 Å². The lowest BCUT2D eigenvalue weighted by Crippen LogP contribution is -2.38. The third kappa shape index (κ3) is 4.79. The number of esters is 1. The molecule has 1 aliphatic rings. The maximum absolute atomic E-state index is 12.7. The fourth-order valence-electron chi connectivity index (χ4n) is 2.63. The molecule has 7 heteroatoms. The summed E-state index contributed by atoms with van der Waals surface area (Å²) in [5.74, 6) is -0.282. The fourth-order valence-corrected chi connectivity index (χ4v) is 2.63. The van der Waals surface area contributed by atoms with Crippen molar-refractivity contribution in [2.75, 3.05) is 39.9 Å². The molecule has 0 saturated carbocycles. The number of hydrogen-bond acceptors (Lipinski definition) is 5. The number of rotatable bonds is 4. The lowest BCUT2D eigenvalue weighted by atomic mass is 10.2. The molecular formula is C17H22N2O5. The van der Waals surface area contributed by atoms with Crippen LogP contribution in [-0.4, -0.2) is 67.5 Å². The number of nitrogens with zero attached hydrogens (tertiary/aromatic N) is 2. The van der Waals surface area contributed by atoms with Gasteiger partial charge < -0.3 is 19.3 Å². The maximum Gasteiger partial charge on any atom is 0.308 e. The van der Waals surface area contributed by atoms with Crippen molar-refractivity contribution in [3.63, 3.8) is 0 Å². The van der Waals surface area contributed by atoms with Crippen LogP contribution in [0.5, 0.6) is 5.75 Å². The Morgan fingerprint density at radius 3 is 2.50 bits per heavy atom. The van der Waals surface area contributed by atoms with E-state index < -0.39 is 5.97 Å². The molecule has 0 aromatic heterocycles. The van der Waals surface area contributed by atoms with Gasteiger partial charge in [-0.15, -0.1) is 0 Å². The van der Waals surface area contributed by atoms with Gasteiger partial charge in [0.15, 0.2) is 0 Å². The van der Waals surface area contributed by atoms with Crippen LogP contribution in [0.2, 0.25) is 0 Å². The van der Waals surface area contributed by atoms with Crippen LogP contribution < -0.4 is 4.74 Å². The zero-order valence-corrected chi connectivity index (χ0v) is 14.0. The lowest BCUT2D eigenvalue weighted by molar-refractivity contribution is -0.135. The van der Waals surface area contributed by atoms with Crippen molar-refractivity contribution in [3.05, 3.63) is 29.8 Å². The molecule has 0 N–H and O–H groups in total. The van der Waals surface area contributed by atoms with Crippen LogP contribution in [0.25, 0.3) is 0 Å². The van der Waals surface area contributed by atoms with Gasteiger partial charge in [-0.05, 0) is 24.6 Å². The Balaban J connectivity index is 2.02. The molecule has 24 heavy (non-hydrogen) atoms. The predicted molar refractivity (Wildman–Crippen MR) is 86.7 cm³/mol. The summed E-state index contributed by atoms with van der Waals surface area (Å²) in [5, 5.41) is 0. The molecule has 0 unspecified atom stereocenters. The minimum absolute atomic E-state index is 0.0539. The van der Waals surface area contributed by atoms with Gasteiger partial charge in [0, 0.05) is 45.8 Å². The largest absolute Gasteiger partial charge is 0.427 e. The molecule has 130 valence electrons. The van der Waals surface area contributed by atoms with Gasteiger partial charge in [0.2, 0.25) is 5.91 Å². The van der Waals surface area contributed by atoms with E-state index in [2.05, 4.69) is 0 Å². The standard InChI is InChI=1S/C17H22N2O5/c1-13(20)24-15-6-3-5-14(11-15)17(22)19-8-4-7-18(9-10-19)16(21)12-23-2/h3,5-6,11H,4,7-10,12H2,1-2H3. The highest BCUT2D eigenvalue weighted by molar-refractivity contribution is 5.94. The smallest absolute Gasteiger partial charge is 0.308 e. The zero-order chi connectivity index (χ0) is 17.5. The van der Waals surface area contributed by atoms with Crippen LogP contribution in [0, 0.1) is 0 Å². The highest BCUT2D eigenvalue weighted by Gasteiger charge is 2.23. The van der Waals surface area contributed by atoms with Crippen molar-refractivity contribution in [3.8, 4) is 5.75 Å².